The lowest BCUT2D eigenvalue weighted by Crippen LogP contribution is -2.05. The Morgan fingerprint density at radius 3 is 2.80 bits per heavy atom. The molecule has 0 aliphatic rings. The Hall–Kier alpha value is -2.22. The summed E-state index contributed by atoms with van der Waals surface area (Å²) >= 11 is 0. The average Bonchev–Trinajstić information content (AvgIpc) is 2.16. The number of carbonyl (C=O) groups is 1. The van der Waals surface area contributed by atoms with E-state index in [9.17, 15) is 4.79 Å². The first-order valence-corrected chi connectivity index (χ1v) is 4.16. The van der Waals surface area contributed by atoms with Gasteiger partial charge in [0.1, 0.15) is 5.75 Å². The second-order valence-electron chi connectivity index (χ2n) is 2.94. The first kappa shape index (κ1) is 10.9. The Balaban J connectivity index is 3.27. The van der Waals surface area contributed by atoms with Crippen LogP contribution in [0.2, 0.25) is 0 Å². The number of ether oxygens (including phenoxy) is 1. The van der Waals surface area contributed by atoms with Crippen molar-refractivity contribution in [2.24, 2.45) is 0 Å². The van der Waals surface area contributed by atoms with Gasteiger partial charge < -0.3 is 15.6 Å². The van der Waals surface area contributed by atoms with E-state index in [1.165, 1.54) is 19.2 Å². The number of benzene rings is 1. The van der Waals surface area contributed by atoms with Gasteiger partial charge in [-0.2, -0.15) is 5.26 Å². The number of carboxylic acids is 1. The van der Waals surface area contributed by atoms with E-state index in [1.807, 2.05) is 6.07 Å². The predicted molar refractivity (Wildman–Crippen MR) is 53.5 cm³/mol. The molecule has 15 heavy (non-hydrogen) atoms. The molecular weight excluding hydrogens is 196 g/mol. The highest BCUT2D eigenvalue weighted by Crippen LogP contribution is 2.28. The molecule has 5 nitrogen and oxygen atoms in total. The molecule has 0 atom stereocenters. The van der Waals surface area contributed by atoms with Crippen molar-refractivity contribution in [2.45, 2.75) is 6.42 Å². The van der Waals surface area contributed by atoms with Gasteiger partial charge in [0.2, 0.25) is 0 Å². The first-order chi connectivity index (χ1) is 7.08. The Labute approximate surface area is 86.7 Å². The molecular formula is C10H10N2O3. The molecule has 0 radical (unpaired) electrons. The maximum absolute atomic E-state index is 10.6. The number of nitrogens with zero attached hydrogens (tertiary/aromatic N) is 1. The van der Waals surface area contributed by atoms with Crippen molar-refractivity contribution >= 4 is 11.7 Å². The summed E-state index contributed by atoms with van der Waals surface area (Å²) in [4.78, 5) is 10.6. The van der Waals surface area contributed by atoms with Crippen LogP contribution in [-0.2, 0) is 11.2 Å². The highest BCUT2D eigenvalue weighted by Gasteiger charge is 2.12. The molecule has 1 aromatic carbocycles. The van der Waals surface area contributed by atoms with Gasteiger partial charge in [-0.15, -0.1) is 0 Å². The zero-order valence-electron chi connectivity index (χ0n) is 8.15. The Bertz CT molecular complexity index is 435. The van der Waals surface area contributed by atoms with E-state index in [1.54, 1.807) is 0 Å². The highest BCUT2D eigenvalue weighted by atomic mass is 16.5. The molecule has 0 fully saturated rings. The quantitative estimate of drug-likeness (QED) is 0.712. The molecule has 5 heteroatoms. The molecule has 0 saturated carbocycles. The summed E-state index contributed by atoms with van der Waals surface area (Å²) in [6.45, 7) is 0. The van der Waals surface area contributed by atoms with Gasteiger partial charge in [-0.05, 0) is 12.1 Å². The predicted octanol–water partition coefficient (Wildman–Crippen LogP) is 0.776. The molecule has 0 bridgehead atoms. The summed E-state index contributed by atoms with van der Waals surface area (Å²) in [5, 5.41) is 17.4. The van der Waals surface area contributed by atoms with E-state index in [0.717, 1.165) is 0 Å². The lowest BCUT2D eigenvalue weighted by Gasteiger charge is -2.09. The second-order valence-corrected chi connectivity index (χ2v) is 2.94. The average molecular weight is 206 g/mol. The lowest BCUT2D eigenvalue weighted by molar-refractivity contribution is -0.136. The smallest absolute Gasteiger partial charge is 0.307 e. The van der Waals surface area contributed by atoms with Gasteiger partial charge in [-0.25, -0.2) is 0 Å². The fourth-order valence-corrected chi connectivity index (χ4v) is 1.32. The molecule has 0 spiro atoms. The summed E-state index contributed by atoms with van der Waals surface area (Å²) < 4.78 is 4.98. The number of nitriles is 1. The van der Waals surface area contributed by atoms with E-state index in [-0.39, 0.29) is 12.1 Å². The zero-order chi connectivity index (χ0) is 11.4. The summed E-state index contributed by atoms with van der Waals surface area (Å²) in [7, 11) is 1.41. The van der Waals surface area contributed by atoms with Crippen molar-refractivity contribution < 1.29 is 14.6 Å². The van der Waals surface area contributed by atoms with Crippen molar-refractivity contribution in [2.75, 3.05) is 12.8 Å². The minimum Gasteiger partial charge on any atom is -0.494 e. The fraction of sp³-hybridized carbons (Fsp3) is 0.200. The third-order valence-electron chi connectivity index (χ3n) is 1.87. The topological polar surface area (TPSA) is 96.3 Å². The molecule has 0 saturated heterocycles. The van der Waals surface area contributed by atoms with Crippen molar-refractivity contribution in [1.29, 1.82) is 5.26 Å². The number of nitrogens with two attached hydrogens (primary N) is 1. The Morgan fingerprint density at radius 1 is 1.67 bits per heavy atom. The molecule has 3 N–H and O–H groups in total. The van der Waals surface area contributed by atoms with Crippen LogP contribution >= 0.6 is 0 Å². The SMILES string of the molecule is COc1c(N)cc(C#N)cc1CC(=O)O. The van der Waals surface area contributed by atoms with Crippen molar-refractivity contribution in [3.05, 3.63) is 23.3 Å². The Kier molecular flexibility index (Phi) is 3.13. The van der Waals surface area contributed by atoms with Crippen LogP contribution in [0.3, 0.4) is 0 Å². The number of hydrogen-bond donors (Lipinski definition) is 2. The van der Waals surface area contributed by atoms with E-state index < -0.39 is 5.97 Å². The standard InChI is InChI=1S/C10H10N2O3/c1-15-10-7(4-9(13)14)2-6(5-11)3-8(10)12/h2-3H,4,12H2,1H3,(H,13,14). The number of nitrogen functional groups attached to an aromatic ring is 1. The van der Waals surface area contributed by atoms with Crippen molar-refractivity contribution in [3.63, 3.8) is 0 Å². The van der Waals surface area contributed by atoms with Gasteiger partial charge in [0.15, 0.2) is 0 Å². The largest absolute Gasteiger partial charge is 0.494 e. The summed E-state index contributed by atoms with van der Waals surface area (Å²) in [5.41, 5.74) is 6.61. The molecule has 1 aromatic rings. The normalized spacial score (nSPS) is 9.33. The molecule has 0 unspecified atom stereocenters. The molecule has 78 valence electrons. The van der Waals surface area contributed by atoms with Crippen LogP contribution < -0.4 is 10.5 Å². The van der Waals surface area contributed by atoms with Crippen LogP contribution in [0.25, 0.3) is 0 Å². The van der Waals surface area contributed by atoms with Gasteiger partial charge >= 0.3 is 5.97 Å². The molecule has 0 amide bonds. The minimum atomic E-state index is -0.997. The van der Waals surface area contributed by atoms with Gasteiger partial charge in [-0.3, -0.25) is 4.79 Å². The molecule has 1 rings (SSSR count). The summed E-state index contributed by atoms with van der Waals surface area (Å²) in [6, 6.07) is 4.81. The second kappa shape index (κ2) is 4.33. The van der Waals surface area contributed by atoms with E-state index in [4.69, 9.17) is 20.8 Å². The van der Waals surface area contributed by atoms with Crippen LogP contribution in [0.5, 0.6) is 5.75 Å². The fourth-order valence-electron chi connectivity index (χ4n) is 1.32. The summed E-state index contributed by atoms with van der Waals surface area (Å²) in [6.07, 6.45) is -0.219. The third-order valence-corrected chi connectivity index (χ3v) is 1.87. The lowest BCUT2D eigenvalue weighted by atomic mass is 10.1. The molecule has 0 aliphatic carbocycles. The van der Waals surface area contributed by atoms with Crippen molar-refractivity contribution in [3.8, 4) is 11.8 Å². The number of methoxy groups -OCH3 is 1. The first-order valence-electron chi connectivity index (χ1n) is 4.16. The summed E-state index contributed by atoms with van der Waals surface area (Å²) in [5.74, 6) is -0.681. The van der Waals surface area contributed by atoms with E-state index in [0.29, 0.717) is 16.9 Å². The van der Waals surface area contributed by atoms with Crippen LogP contribution in [0.15, 0.2) is 12.1 Å². The van der Waals surface area contributed by atoms with Crippen LogP contribution in [0.4, 0.5) is 5.69 Å². The Morgan fingerprint density at radius 2 is 2.33 bits per heavy atom. The number of carboxylic acid groups (broad SMARTS) is 1. The van der Waals surface area contributed by atoms with Crippen LogP contribution in [0.1, 0.15) is 11.1 Å². The van der Waals surface area contributed by atoms with Gasteiger partial charge in [0.25, 0.3) is 0 Å². The third kappa shape index (κ3) is 2.38. The number of rotatable bonds is 3. The van der Waals surface area contributed by atoms with E-state index >= 15 is 0 Å². The molecule has 0 aromatic heterocycles. The molecule has 0 aliphatic heterocycles. The van der Waals surface area contributed by atoms with Gasteiger partial charge in [0, 0.05) is 5.56 Å². The van der Waals surface area contributed by atoms with Crippen molar-refractivity contribution in [1.82, 2.24) is 0 Å². The zero-order valence-corrected chi connectivity index (χ0v) is 8.15. The maximum atomic E-state index is 10.6. The number of anilines is 1. The highest BCUT2D eigenvalue weighted by molar-refractivity contribution is 5.74. The number of hydrogen-bond acceptors (Lipinski definition) is 4. The molecule has 0 heterocycles. The minimum absolute atomic E-state index is 0.219. The van der Waals surface area contributed by atoms with E-state index in [2.05, 4.69) is 0 Å². The maximum Gasteiger partial charge on any atom is 0.307 e. The van der Waals surface area contributed by atoms with Gasteiger partial charge in [0.05, 0.1) is 30.9 Å². The monoisotopic (exact) mass is 206 g/mol. The van der Waals surface area contributed by atoms with Crippen LogP contribution in [0, 0.1) is 11.3 Å². The van der Waals surface area contributed by atoms with Gasteiger partial charge in [-0.1, -0.05) is 0 Å². The number of aliphatic carboxylic acids is 1. The van der Waals surface area contributed by atoms with Crippen LogP contribution in [-0.4, -0.2) is 18.2 Å².